The SMILES string of the molecule is Fc1ccc(Cl)c(-c2ccc(CC3C[C@@H]4CN(Cc5cccnc5)C[C@@H]4C3)nn2)c1. The summed E-state index contributed by atoms with van der Waals surface area (Å²) in [4.78, 5) is 6.80. The molecule has 2 fully saturated rings. The maximum Gasteiger partial charge on any atom is 0.123 e. The summed E-state index contributed by atoms with van der Waals surface area (Å²) in [5.74, 6) is 1.91. The molecule has 30 heavy (non-hydrogen) atoms. The number of likely N-dealkylation sites (tertiary alicyclic amines) is 1. The third kappa shape index (κ3) is 4.23. The molecule has 1 unspecified atom stereocenters. The Hall–Kier alpha value is -2.37. The van der Waals surface area contributed by atoms with Gasteiger partial charge in [-0.25, -0.2) is 4.39 Å². The third-order valence-electron chi connectivity index (χ3n) is 6.48. The van der Waals surface area contributed by atoms with Gasteiger partial charge in [0.25, 0.3) is 0 Å². The van der Waals surface area contributed by atoms with Gasteiger partial charge in [-0.2, -0.15) is 10.2 Å². The zero-order chi connectivity index (χ0) is 20.5. The molecule has 0 amide bonds. The van der Waals surface area contributed by atoms with E-state index in [1.807, 2.05) is 30.6 Å². The van der Waals surface area contributed by atoms with Gasteiger partial charge < -0.3 is 0 Å². The molecule has 0 bridgehead atoms. The molecule has 1 aliphatic carbocycles. The van der Waals surface area contributed by atoms with Gasteiger partial charge in [-0.3, -0.25) is 9.88 Å². The van der Waals surface area contributed by atoms with Crippen molar-refractivity contribution >= 4 is 11.6 Å². The summed E-state index contributed by atoms with van der Waals surface area (Å²) in [6.45, 7) is 3.36. The molecule has 0 radical (unpaired) electrons. The normalized spacial score (nSPS) is 23.6. The maximum atomic E-state index is 13.5. The van der Waals surface area contributed by atoms with Crippen molar-refractivity contribution in [2.75, 3.05) is 13.1 Å². The first kappa shape index (κ1) is 19.6. The van der Waals surface area contributed by atoms with Crippen molar-refractivity contribution in [2.45, 2.75) is 25.8 Å². The van der Waals surface area contributed by atoms with Crippen molar-refractivity contribution in [3.8, 4) is 11.3 Å². The van der Waals surface area contributed by atoms with Crippen LogP contribution in [0.25, 0.3) is 11.3 Å². The molecule has 1 saturated heterocycles. The molecule has 0 spiro atoms. The molecular formula is C24H24ClFN4. The Labute approximate surface area is 181 Å². The van der Waals surface area contributed by atoms with Gasteiger partial charge in [0, 0.05) is 37.6 Å². The smallest absolute Gasteiger partial charge is 0.123 e. The van der Waals surface area contributed by atoms with E-state index in [9.17, 15) is 4.39 Å². The second kappa shape index (κ2) is 8.40. The molecule has 3 atom stereocenters. The number of aromatic nitrogens is 3. The van der Waals surface area contributed by atoms with Crippen molar-refractivity contribution in [1.82, 2.24) is 20.1 Å². The zero-order valence-corrected chi connectivity index (χ0v) is 17.5. The lowest BCUT2D eigenvalue weighted by Gasteiger charge is -2.18. The fourth-order valence-electron chi connectivity index (χ4n) is 5.17. The van der Waals surface area contributed by atoms with Crippen LogP contribution in [0.5, 0.6) is 0 Å². The van der Waals surface area contributed by atoms with Gasteiger partial charge in [0.05, 0.1) is 16.4 Å². The van der Waals surface area contributed by atoms with Crippen LogP contribution in [0.1, 0.15) is 24.1 Å². The predicted octanol–water partition coefficient (Wildman–Crippen LogP) is 5.03. The lowest BCUT2D eigenvalue weighted by molar-refractivity contribution is 0.289. The summed E-state index contributed by atoms with van der Waals surface area (Å²) in [6, 6.07) is 12.4. The standard InChI is InChI=1S/C24H24ClFN4/c25-23-5-3-20(26)11-22(23)24-6-4-21(28-29-24)10-17-8-18-14-30(15-19(18)9-17)13-16-2-1-7-27-12-16/h1-7,11-12,17-19H,8-10,13-15H2/t17?,18-,19+. The Bertz CT molecular complexity index is 997. The lowest BCUT2D eigenvalue weighted by atomic mass is 9.99. The van der Waals surface area contributed by atoms with Gasteiger partial charge in [0.15, 0.2) is 0 Å². The Kier molecular flexibility index (Phi) is 5.48. The van der Waals surface area contributed by atoms with E-state index in [2.05, 4.69) is 26.1 Å². The summed E-state index contributed by atoms with van der Waals surface area (Å²) in [6.07, 6.45) is 7.27. The van der Waals surface area contributed by atoms with Crippen molar-refractivity contribution in [1.29, 1.82) is 0 Å². The number of fused-ring (bicyclic) bond motifs is 1. The van der Waals surface area contributed by atoms with E-state index in [4.69, 9.17) is 11.6 Å². The largest absolute Gasteiger partial charge is 0.298 e. The second-order valence-corrected chi connectivity index (χ2v) is 9.06. The molecule has 154 valence electrons. The highest BCUT2D eigenvalue weighted by atomic mass is 35.5. The highest BCUT2D eigenvalue weighted by Gasteiger charge is 2.40. The molecule has 1 aromatic carbocycles. The van der Waals surface area contributed by atoms with Crippen LogP contribution in [0.4, 0.5) is 4.39 Å². The van der Waals surface area contributed by atoms with Crippen LogP contribution in [-0.4, -0.2) is 33.2 Å². The Morgan fingerprint density at radius 3 is 2.57 bits per heavy atom. The van der Waals surface area contributed by atoms with Crippen LogP contribution < -0.4 is 0 Å². The quantitative estimate of drug-likeness (QED) is 0.578. The van der Waals surface area contributed by atoms with E-state index < -0.39 is 0 Å². The average Bonchev–Trinajstić information content (AvgIpc) is 3.29. The first-order valence-electron chi connectivity index (χ1n) is 10.5. The van der Waals surface area contributed by atoms with Crippen LogP contribution >= 0.6 is 11.6 Å². The summed E-state index contributed by atoms with van der Waals surface area (Å²) < 4.78 is 13.5. The summed E-state index contributed by atoms with van der Waals surface area (Å²) >= 11 is 6.18. The first-order chi connectivity index (χ1) is 14.6. The fourth-order valence-corrected chi connectivity index (χ4v) is 5.38. The Morgan fingerprint density at radius 2 is 1.87 bits per heavy atom. The minimum absolute atomic E-state index is 0.324. The number of rotatable bonds is 5. The zero-order valence-electron chi connectivity index (χ0n) is 16.7. The molecule has 3 heterocycles. The van der Waals surface area contributed by atoms with Gasteiger partial charge in [-0.15, -0.1) is 0 Å². The van der Waals surface area contributed by atoms with E-state index in [0.29, 0.717) is 22.2 Å². The molecule has 6 heteroatoms. The summed E-state index contributed by atoms with van der Waals surface area (Å²) in [7, 11) is 0. The van der Waals surface area contributed by atoms with E-state index in [1.54, 1.807) is 6.07 Å². The summed E-state index contributed by atoms with van der Waals surface area (Å²) in [5, 5.41) is 9.20. The second-order valence-electron chi connectivity index (χ2n) is 8.65. The monoisotopic (exact) mass is 422 g/mol. The molecule has 3 aromatic rings. The molecule has 0 N–H and O–H groups in total. The number of pyridine rings is 1. The lowest BCUT2D eigenvalue weighted by Crippen LogP contribution is -2.22. The van der Waals surface area contributed by atoms with Crippen LogP contribution in [0.2, 0.25) is 5.02 Å². The van der Waals surface area contributed by atoms with Crippen LogP contribution in [0, 0.1) is 23.6 Å². The van der Waals surface area contributed by atoms with Gasteiger partial charge in [0.1, 0.15) is 5.82 Å². The highest BCUT2D eigenvalue weighted by molar-refractivity contribution is 6.33. The number of halogens is 2. The van der Waals surface area contributed by atoms with Gasteiger partial charge in [-0.05, 0) is 79.0 Å². The van der Waals surface area contributed by atoms with Crippen molar-refractivity contribution in [3.63, 3.8) is 0 Å². The van der Waals surface area contributed by atoms with Crippen molar-refractivity contribution in [3.05, 3.63) is 77.0 Å². The summed E-state index contributed by atoms with van der Waals surface area (Å²) in [5.41, 5.74) is 3.49. The fraction of sp³-hybridized carbons (Fsp3) is 0.375. The molecule has 2 aromatic heterocycles. The predicted molar refractivity (Wildman–Crippen MR) is 115 cm³/mol. The van der Waals surface area contributed by atoms with Crippen molar-refractivity contribution < 1.29 is 4.39 Å². The first-order valence-corrected chi connectivity index (χ1v) is 10.9. The maximum absolute atomic E-state index is 13.5. The topological polar surface area (TPSA) is 41.9 Å². The molecule has 2 aliphatic rings. The van der Waals surface area contributed by atoms with E-state index in [0.717, 1.165) is 30.5 Å². The van der Waals surface area contributed by atoms with Gasteiger partial charge in [-0.1, -0.05) is 17.7 Å². The molecule has 1 aliphatic heterocycles. The highest BCUT2D eigenvalue weighted by Crippen LogP contribution is 2.43. The minimum Gasteiger partial charge on any atom is -0.298 e. The van der Waals surface area contributed by atoms with Gasteiger partial charge >= 0.3 is 0 Å². The molecule has 1 saturated carbocycles. The van der Waals surface area contributed by atoms with E-state index in [-0.39, 0.29) is 5.82 Å². The van der Waals surface area contributed by atoms with E-state index in [1.165, 1.54) is 43.6 Å². The number of benzene rings is 1. The third-order valence-corrected chi connectivity index (χ3v) is 6.80. The van der Waals surface area contributed by atoms with Gasteiger partial charge in [0.2, 0.25) is 0 Å². The van der Waals surface area contributed by atoms with E-state index >= 15 is 0 Å². The number of hydrogen-bond donors (Lipinski definition) is 0. The Balaban J connectivity index is 1.17. The van der Waals surface area contributed by atoms with Crippen LogP contribution in [0.3, 0.4) is 0 Å². The molecule has 5 rings (SSSR count). The van der Waals surface area contributed by atoms with Crippen molar-refractivity contribution in [2.24, 2.45) is 17.8 Å². The van der Waals surface area contributed by atoms with Crippen LogP contribution in [-0.2, 0) is 13.0 Å². The minimum atomic E-state index is -0.324. The Morgan fingerprint density at radius 1 is 1.03 bits per heavy atom. The number of hydrogen-bond acceptors (Lipinski definition) is 4. The average molecular weight is 423 g/mol. The molecular weight excluding hydrogens is 399 g/mol. The van der Waals surface area contributed by atoms with Crippen LogP contribution in [0.15, 0.2) is 54.9 Å². The molecule has 4 nitrogen and oxygen atoms in total. The number of nitrogens with zero attached hydrogens (tertiary/aromatic N) is 4.